The fourth-order valence-corrected chi connectivity index (χ4v) is 4.75. The lowest BCUT2D eigenvalue weighted by Gasteiger charge is -2.35. The van der Waals surface area contributed by atoms with E-state index >= 15 is 4.39 Å². The molecule has 10 nitrogen and oxygen atoms in total. The van der Waals surface area contributed by atoms with Crippen LogP contribution in [0.5, 0.6) is 0 Å². The van der Waals surface area contributed by atoms with E-state index in [4.69, 9.17) is 0 Å². The van der Waals surface area contributed by atoms with Crippen LogP contribution in [0.4, 0.5) is 20.5 Å². The van der Waals surface area contributed by atoms with E-state index in [1.54, 1.807) is 61.8 Å². The van der Waals surface area contributed by atoms with Crippen molar-refractivity contribution in [2.75, 3.05) is 36.0 Å². The number of fused-ring (bicyclic) bond motifs is 1. The molecule has 1 aliphatic heterocycles. The fraction of sp³-hybridized carbons (Fsp3) is 0.269. The first-order chi connectivity index (χ1) is 18.3. The summed E-state index contributed by atoms with van der Waals surface area (Å²) in [5.74, 6) is 0.303. The number of piperazine rings is 1. The van der Waals surface area contributed by atoms with Crippen molar-refractivity contribution in [3.8, 4) is 11.1 Å². The molecule has 5 heterocycles. The van der Waals surface area contributed by atoms with Gasteiger partial charge in [0.25, 0.3) is 0 Å². The second-order valence-corrected chi connectivity index (χ2v) is 9.46. The van der Waals surface area contributed by atoms with Gasteiger partial charge in [0.15, 0.2) is 11.6 Å². The van der Waals surface area contributed by atoms with Gasteiger partial charge in [-0.15, -0.1) is 0 Å². The molecular weight excluding hydrogens is 492 g/mol. The van der Waals surface area contributed by atoms with Gasteiger partial charge in [0.2, 0.25) is 5.95 Å². The van der Waals surface area contributed by atoms with Crippen LogP contribution in [0.15, 0.2) is 61.6 Å². The molecule has 0 unspecified atom stereocenters. The van der Waals surface area contributed by atoms with Crippen LogP contribution < -0.4 is 9.80 Å². The van der Waals surface area contributed by atoms with Gasteiger partial charge in [-0.25, -0.2) is 28.2 Å². The van der Waals surface area contributed by atoms with Crippen LogP contribution in [0.2, 0.25) is 0 Å². The molecular formula is C26H25F2N9O. The predicted octanol–water partition coefficient (Wildman–Crippen LogP) is 2.78. The van der Waals surface area contributed by atoms with Crippen molar-refractivity contribution in [3.05, 3.63) is 84.3 Å². The van der Waals surface area contributed by atoms with E-state index < -0.39 is 5.60 Å². The first kappa shape index (κ1) is 23.9. The lowest BCUT2D eigenvalue weighted by molar-refractivity contribution is 0.101. The third kappa shape index (κ3) is 4.12. The summed E-state index contributed by atoms with van der Waals surface area (Å²) in [4.78, 5) is 17.4. The van der Waals surface area contributed by atoms with E-state index in [0.717, 1.165) is 0 Å². The Hall–Kier alpha value is -4.45. The van der Waals surface area contributed by atoms with Crippen LogP contribution in [0.1, 0.15) is 18.1 Å². The van der Waals surface area contributed by atoms with Crippen molar-refractivity contribution in [1.29, 1.82) is 0 Å². The monoisotopic (exact) mass is 517 g/mol. The molecule has 194 valence electrons. The number of hydrogen-bond donors (Lipinski definition) is 1. The molecule has 1 atom stereocenters. The summed E-state index contributed by atoms with van der Waals surface area (Å²) >= 11 is 0. The first-order valence-corrected chi connectivity index (χ1v) is 12.1. The van der Waals surface area contributed by atoms with Crippen LogP contribution in [0, 0.1) is 11.6 Å². The van der Waals surface area contributed by atoms with E-state index in [1.165, 1.54) is 23.0 Å². The average Bonchev–Trinajstić information content (AvgIpc) is 3.52. The van der Waals surface area contributed by atoms with Gasteiger partial charge in [-0.2, -0.15) is 10.2 Å². The summed E-state index contributed by atoms with van der Waals surface area (Å²) < 4.78 is 32.0. The number of anilines is 2. The molecule has 0 spiro atoms. The van der Waals surface area contributed by atoms with E-state index in [-0.39, 0.29) is 11.6 Å². The molecule has 38 heavy (non-hydrogen) atoms. The van der Waals surface area contributed by atoms with Gasteiger partial charge < -0.3 is 14.9 Å². The van der Waals surface area contributed by atoms with E-state index in [2.05, 4.69) is 25.1 Å². The van der Waals surface area contributed by atoms with Crippen molar-refractivity contribution in [1.82, 2.24) is 34.3 Å². The average molecular weight is 518 g/mol. The highest BCUT2D eigenvalue weighted by atomic mass is 19.1. The molecule has 0 radical (unpaired) electrons. The number of aliphatic hydroxyl groups is 1. The van der Waals surface area contributed by atoms with Gasteiger partial charge in [-0.1, -0.05) is 12.1 Å². The highest BCUT2D eigenvalue weighted by Crippen LogP contribution is 2.32. The van der Waals surface area contributed by atoms with Crippen LogP contribution in [0.3, 0.4) is 0 Å². The van der Waals surface area contributed by atoms with Crippen LogP contribution in [-0.4, -0.2) is 65.6 Å². The van der Waals surface area contributed by atoms with E-state index in [9.17, 15) is 9.50 Å². The number of hydrogen-bond acceptors (Lipinski definition) is 8. The number of halogens is 2. The van der Waals surface area contributed by atoms with Crippen molar-refractivity contribution in [3.63, 3.8) is 0 Å². The van der Waals surface area contributed by atoms with E-state index in [0.29, 0.717) is 65.7 Å². The number of aryl methyl sites for hydroxylation is 1. The molecule has 1 aromatic carbocycles. The third-order valence-electron chi connectivity index (χ3n) is 6.98. The maximum atomic E-state index is 15.5. The maximum Gasteiger partial charge on any atom is 0.225 e. The molecule has 0 saturated carbocycles. The van der Waals surface area contributed by atoms with Crippen LogP contribution in [-0.2, 0) is 12.6 Å². The summed E-state index contributed by atoms with van der Waals surface area (Å²) in [7, 11) is 1.78. The predicted molar refractivity (Wildman–Crippen MR) is 137 cm³/mol. The van der Waals surface area contributed by atoms with Crippen molar-refractivity contribution in [2.24, 2.45) is 7.05 Å². The summed E-state index contributed by atoms with van der Waals surface area (Å²) in [6, 6.07) is 5.70. The number of aromatic nitrogens is 7. The third-order valence-corrected chi connectivity index (χ3v) is 6.98. The Balaban J connectivity index is 1.19. The lowest BCUT2D eigenvalue weighted by atomic mass is 9.90. The quantitative estimate of drug-likeness (QED) is 0.380. The standard InChI is InChI=1S/C26H25F2N9O/c1-26(38,18-3-5-20(27)6-4-18)19-12-29-25(30-13-19)36-9-7-35(8-10-36)24-23-22(28)21(15-37(23)33-16-31-24)17-11-32-34(2)14-17/h3-6,11-16,38H,7-10H2,1-2H3/t26-/m1/s1. The largest absolute Gasteiger partial charge is 0.381 e. The minimum absolute atomic E-state index is 0.323. The normalized spacial score (nSPS) is 15.7. The van der Waals surface area contributed by atoms with Crippen LogP contribution >= 0.6 is 0 Å². The SMILES string of the molecule is Cn1cc(-c2cn3ncnc(N4CCN(c5ncc([C@](C)(O)c6ccc(F)cc6)cn5)CC4)c3c2F)cn1. The lowest BCUT2D eigenvalue weighted by Crippen LogP contribution is -2.47. The van der Waals surface area contributed by atoms with Crippen molar-refractivity contribution < 1.29 is 13.9 Å². The smallest absolute Gasteiger partial charge is 0.225 e. The van der Waals surface area contributed by atoms with Crippen molar-refractivity contribution in [2.45, 2.75) is 12.5 Å². The molecule has 12 heteroatoms. The topological polar surface area (TPSA) is 101 Å². The molecule has 1 aliphatic rings. The molecule has 0 bridgehead atoms. The summed E-state index contributed by atoms with van der Waals surface area (Å²) in [6.07, 6.45) is 9.63. The molecule has 1 saturated heterocycles. The number of nitrogens with zero attached hydrogens (tertiary/aromatic N) is 9. The first-order valence-electron chi connectivity index (χ1n) is 12.1. The Kier molecular flexibility index (Phi) is 5.75. The van der Waals surface area contributed by atoms with Gasteiger partial charge in [0.05, 0.1) is 6.20 Å². The minimum atomic E-state index is -1.36. The summed E-state index contributed by atoms with van der Waals surface area (Å²) in [5, 5.41) is 19.4. The van der Waals surface area contributed by atoms with Gasteiger partial charge >= 0.3 is 0 Å². The molecule has 1 N–H and O–H groups in total. The van der Waals surface area contributed by atoms with Gasteiger partial charge in [-0.3, -0.25) is 4.68 Å². The van der Waals surface area contributed by atoms with Crippen LogP contribution in [0.25, 0.3) is 16.6 Å². The minimum Gasteiger partial charge on any atom is -0.381 e. The fourth-order valence-electron chi connectivity index (χ4n) is 4.75. The van der Waals surface area contributed by atoms with E-state index in [1.807, 2.05) is 9.80 Å². The zero-order valence-corrected chi connectivity index (χ0v) is 20.8. The summed E-state index contributed by atoms with van der Waals surface area (Å²) in [6.45, 7) is 3.99. The summed E-state index contributed by atoms with van der Waals surface area (Å²) in [5.41, 5.74) is 1.10. The molecule has 1 fully saturated rings. The Labute approximate surface area is 216 Å². The molecule has 5 aromatic rings. The molecule has 0 amide bonds. The Bertz CT molecular complexity index is 1590. The Morgan fingerprint density at radius 3 is 2.18 bits per heavy atom. The Morgan fingerprint density at radius 2 is 1.53 bits per heavy atom. The molecule has 4 aromatic heterocycles. The Morgan fingerprint density at radius 1 is 0.842 bits per heavy atom. The molecule has 6 rings (SSSR count). The number of rotatable bonds is 5. The maximum absolute atomic E-state index is 15.5. The van der Waals surface area contributed by atoms with Gasteiger partial charge in [0, 0.05) is 74.7 Å². The highest BCUT2D eigenvalue weighted by molar-refractivity contribution is 5.78. The van der Waals surface area contributed by atoms with Gasteiger partial charge in [0.1, 0.15) is 23.3 Å². The second-order valence-electron chi connectivity index (χ2n) is 9.46. The zero-order valence-electron chi connectivity index (χ0n) is 20.8. The number of benzene rings is 1. The molecule has 0 aliphatic carbocycles. The van der Waals surface area contributed by atoms with Gasteiger partial charge in [-0.05, 0) is 24.6 Å². The highest BCUT2D eigenvalue weighted by Gasteiger charge is 2.28. The second kappa shape index (κ2) is 9.14. The van der Waals surface area contributed by atoms with Crippen molar-refractivity contribution >= 4 is 17.3 Å². The zero-order chi connectivity index (χ0) is 26.4.